The second kappa shape index (κ2) is 7.34. The second-order valence-corrected chi connectivity index (χ2v) is 7.94. The van der Waals surface area contributed by atoms with Gasteiger partial charge in [-0.2, -0.15) is 0 Å². The number of phenolic OH excluding ortho intramolecular Hbond substituents is 1. The third-order valence-electron chi connectivity index (χ3n) is 6.44. The standard InChI is InChI=1S/C23H27NO5/c1-3-14-21(15-7-6-8-17(26-2)22(15)25)16-11-19-20(28-13-27-19)12-18(16)29-23(14)24-9-4-5-10-24/h6-8,11-12,14,21,23,25H,3-5,9-10,13H2,1-2H3/t14-,21+,23+/m1/s1. The molecule has 6 nitrogen and oxygen atoms in total. The predicted molar refractivity (Wildman–Crippen MR) is 108 cm³/mol. The van der Waals surface area contributed by atoms with Crippen LogP contribution in [0.25, 0.3) is 0 Å². The number of ether oxygens (including phenoxy) is 4. The predicted octanol–water partition coefficient (Wildman–Crippen LogP) is 4.10. The summed E-state index contributed by atoms with van der Waals surface area (Å²) in [6, 6.07) is 9.68. The van der Waals surface area contributed by atoms with Crippen molar-refractivity contribution in [2.75, 3.05) is 27.0 Å². The number of aromatic hydroxyl groups is 1. The lowest BCUT2D eigenvalue weighted by atomic mass is 9.75. The SMILES string of the molecule is CC[C@@H]1[C@@H](c2cccc(OC)c2O)c2cc3c(cc2O[C@@H]1N1CCCC1)OCO3. The molecule has 0 spiro atoms. The number of phenols is 1. The van der Waals surface area contributed by atoms with E-state index in [-0.39, 0.29) is 30.6 Å². The molecule has 2 aromatic carbocycles. The van der Waals surface area contributed by atoms with Gasteiger partial charge in [-0.15, -0.1) is 0 Å². The molecule has 29 heavy (non-hydrogen) atoms. The van der Waals surface area contributed by atoms with Crippen LogP contribution in [0.3, 0.4) is 0 Å². The Labute approximate surface area is 170 Å². The van der Waals surface area contributed by atoms with Gasteiger partial charge in [0.2, 0.25) is 6.79 Å². The molecule has 0 bridgehead atoms. The zero-order valence-corrected chi connectivity index (χ0v) is 16.9. The molecule has 0 aromatic heterocycles. The van der Waals surface area contributed by atoms with Gasteiger partial charge >= 0.3 is 0 Å². The Balaban J connectivity index is 1.68. The van der Waals surface area contributed by atoms with Crippen LogP contribution in [0.5, 0.6) is 28.7 Å². The molecule has 5 rings (SSSR count). The van der Waals surface area contributed by atoms with Crippen molar-refractivity contribution in [2.24, 2.45) is 5.92 Å². The largest absolute Gasteiger partial charge is 0.504 e. The molecule has 1 N–H and O–H groups in total. The first-order chi connectivity index (χ1) is 14.2. The lowest BCUT2D eigenvalue weighted by molar-refractivity contribution is -0.0259. The van der Waals surface area contributed by atoms with Gasteiger partial charge in [0, 0.05) is 42.1 Å². The van der Waals surface area contributed by atoms with Gasteiger partial charge < -0.3 is 24.1 Å². The Morgan fingerprint density at radius 1 is 1.07 bits per heavy atom. The lowest BCUT2D eigenvalue weighted by Gasteiger charge is -2.43. The highest BCUT2D eigenvalue weighted by atomic mass is 16.7. The van der Waals surface area contributed by atoms with Crippen molar-refractivity contribution in [1.82, 2.24) is 4.90 Å². The molecule has 3 heterocycles. The average molecular weight is 397 g/mol. The minimum Gasteiger partial charge on any atom is -0.504 e. The molecule has 6 heteroatoms. The van der Waals surface area contributed by atoms with Crippen LogP contribution >= 0.6 is 0 Å². The van der Waals surface area contributed by atoms with Gasteiger partial charge in [-0.1, -0.05) is 19.1 Å². The third-order valence-corrected chi connectivity index (χ3v) is 6.44. The van der Waals surface area contributed by atoms with Crippen molar-refractivity contribution in [3.8, 4) is 28.7 Å². The highest BCUT2D eigenvalue weighted by Gasteiger charge is 2.43. The Morgan fingerprint density at radius 3 is 2.55 bits per heavy atom. The first-order valence-corrected chi connectivity index (χ1v) is 10.4. The fourth-order valence-corrected chi connectivity index (χ4v) is 5.03. The number of hydrogen-bond donors (Lipinski definition) is 1. The quantitative estimate of drug-likeness (QED) is 0.838. The molecule has 0 aliphatic carbocycles. The van der Waals surface area contributed by atoms with Crippen LogP contribution in [-0.4, -0.2) is 43.2 Å². The van der Waals surface area contributed by atoms with Crippen LogP contribution in [0, 0.1) is 5.92 Å². The van der Waals surface area contributed by atoms with Crippen molar-refractivity contribution in [1.29, 1.82) is 0 Å². The molecule has 1 saturated heterocycles. The van der Waals surface area contributed by atoms with Crippen LogP contribution in [0.1, 0.15) is 43.2 Å². The summed E-state index contributed by atoms with van der Waals surface area (Å²) in [5.41, 5.74) is 1.89. The van der Waals surface area contributed by atoms with E-state index in [0.29, 0.717) is 11.5 Å². The number of likely N-dealkylation sites (tertiary alicyclic amines) is 1. The smallest absolute Gasteiger partial charge is 0.231 e. The summed E-state index contributed by atoms with van der Waals surface area (Å²) in [5, 5.41) is 11.0. The van der Waals surface area contributed by atoms with Crippen LogP contribution < -0.4 is 18.9 Å². The van der Waals surface area contributed by atoms with Crippen LogP contribution in [0.2, 0.25) is 0 Å². The summed E-state index contributed by atoms with van der Waals surface area (Å²) in [7, 11) is 1.58. The average Bonchev–Trinajstić information content (AvgIpc) is 3.43. The minimum atomic E-state index is -0.0361. The van der Waals surface area contributed by atoms with Gasteiger partial charge in [-0.05, 0) is 31.4 Å². The first kappa shape index (κ1) is 18.4. The van der Waals surface area contributed by atoms with E-state index in [1.54, 1.807) is 13.2 Å². The van der Waals surface area contributed by atoms with E-state index < -0.39 is 0 Å². The number of benzene rings is 2. The summed E-state index contributed by atoms with van der Waals surface area (Å²) in [4.78, 5) is 2.44. The van der Waals surface area contributed by atoms with E-state index >= 15 is 0 Å². The maximum Gasteiger partial charge on any atom is 0.231 e. The number of rotatable bonds is 4. The van der Waals surface area contributed by atoms with E-state index in [4.69, 9.17) is 18.9 Å². The van der Waals surface area contributed by atoms with Gasteiger partial charge in [0.15, 0.2) is 29.2 Å². The van der Waals surface area contributed by atoms with E-state index in [2.05, 4.69) is 11.8 Å². The third kappa shape index (κ3) is 2.97. The zero-order chi connectivity index (χ0) is 20.0. The number of para-hydroxylation sites is 1. The lowest BCUT2D eigenvalue weighted by Crippen LogP contribution is -2.47. The van der Waals surface area contributed by atoms with Crippen molar-refractivity contribution >= 4 is 0 Å². The Kier molecular flexibility index (Phi) is 4.66. The highest BCUT2D eigenvalue weighted by molar-refractivity contribution is 5.59. The van der Waals surface area contributed by atoms with Crippen molar-refractivity contribution in [3.63, 3.8) is 0 Å². The Bertz CT molecular complexity index is 908. The van der Waals surface area contributed by atoms with Crippen molar-refractivity contribution in [2.45, 2.75) is 38.3 Å². The van der Waals surface area contributed by atoms with Gasteiger partial charge in [0.25, 0.3) is 0 Å². The maximum atomic E-state index is 11.0. The molecule has 0 saturated carbocycles. The molecular weight excluding hydrogens is 370 g/mol. The monoisotopic (exact) mass is 397 g/mol. The van der Waals surface area contributed by atoms with Crippen LogP contribution in [0.4, 0.5) is 0 Å². The molecule has 3 aliphatic heterocycles. The summed E-state index contributed by atoms with van der Waals surface area (Å²) >= 11 is 0. The summed E-state index contributed by atoms with van der Waals surface area (Å²) in [6.45, 7) is 4.50. The molecule has 0 amide bonds. The molecule has 3 atom stereocenters. The molecule has 154 valence electrons. The molecule has 0 unspecified atom stereocenters. The molecular formula is C23H27NO5. The normalized spacial score (nSPS) is 25.5. The van der Waals surface area contributed by atoms with Crippen molar-refractivity contribution < 1.29 is 24.1 Å². The summed E-state index contributed by atoms with van der Waals surface area (Å²) in [5.74, 6) is 3.11. The summed E-state index contributed by atoms with van der Waals surface area (Å²) in [6.07, 6.45) is 3.28. The van der Waals surface area contributed by atoms with E-state index in [9.17, 15) is 5.11 Å². The highest BCUT2D eigenvalue weighted by Crippen LogP contribution is 2.53. The Hall–Kier alpha value is -2.60. The van der Waals surface area contributed by atoms with Gasteiger partial charge in [0.1, 0.15) is 5.75 Å². The first-order valence-electron chi connectivity index (χ1n) is 10.4. The van der Waals surface area contributed by atoms with E-state index in [1.807, 2.05) is 24.3 Å². The van der Waals surface area contributed by atoms with Gasteiger partial charge in [0.05, 0.1) is 7.11 Å². The number of fused-ring (bicyclic) bond motifs is 2. The van der Waals surface area contributed by atoms with E-state index in [1.165, 1.54) is 12.8 Å². The molecule has 1 fully saturated rings. The topological polar surface area (TPSA) is 60.4 Å². The maximum absolute atomic E-state index is 11.0. The van der Waals surface area contributed by atoms with Crippen molar-refractivity contribution in [3.05, 3.63) is 41.5 Å². The molecule has 0 radical (unpaired) electrons. The summed E-state index contributed by atoms with van der Waals surface area (Å²) < 4.78 is 23.2. The number of methoxy groups -OCH3 is 1. The Morgan fingerprint density at radius 2 is 1.83 bits per heavy atom. The van der Waals surface area contributed by atoms with Crippen LogP contribution in [-0.2, 0) is 0 Å². The molecule has 2 aromatic rings. The van der Waals surface area contributed by atoms with Gasteiger partial charge in [-0.3, -0.25) is 4.90 Å². The van der Waals surface area contributed by atoms with Crippen LogP contribution in [0.15, 0.2) is 30.3 Å². The van der Waals surface area contributed by atoms with Gasteiger partial charge in [-0.25, -0.2) is 0 Å². The minimum absolute atomic E-state index is 0.0288. The second-order valence-electron chi connectivity index (χ2n) is 7.94. The molecule has 3 aliphatic rings. The zero-order valence-electron chi connectivity index (χ0n) is 16.9. The fraction of sp³-hybridized carbons (Fsp3) is 0.478. The fourth-order valence-electron chi connectivity index (χ4n) is 5.03. The van der Waals surface area contributed by atoms with E-state index in [0.717, 1.165) is 42.1 Å². The number of nitrogens with zero attached hydrogens (tertiary/aromatic N) is 1. The number of hydrogen-bond acceptors (Lipinski definition) is 6.